The summed E-state index contributed by atoms with van der Waals surface area (Å²) in [4.78, 5) is 22.5. The van der Waals surface area contributed by atoms with Crippen LogP contribution >= 0.6 is 0 Å². The Kier molecular flexibility index (Phi) is 4.68. The van der Waals surface area contributed by atoms with Crippen molar-refractivity contribution in [1.82, 2.24) is 0 Å². The van der Waals surface area contributed by atoms with Crippen molar-refractivity contribution in [2.45, 2.75) is 6.92 Å². The molecule has 0 aliphatic rings. The van der Waals surface area contributed by atoms with E-state index in [4.69, 9.17) is 4.74 Å². The summed E-state index contributed by atoms with van der Waals surface area (Å²) in [5.74, 6) is 0.501. The first-order chi connectivity index (χ1) is 10.5. The first-order valence-electron chi connectivity index (χ1n) is 6.63. The lowest BCUT2D eigenvalue weighted by molar-refractivity contribution is -0.385. The summed E-state index contributed by atoms with van der Waals surface area (Å²) >= 11 is 0. The summed E-state index contributed by atoms with van der Waals surface area (Å²) in [6, 6.07) is 11.6. The van der Waals surface area contributed by atoms with Gasteiger partial charge >= 0.3 is 0 Å². The van der Waals surface area contributed by atoms with Gasteiger partial charge in [-0.2, -0.15) is 0 Å². The molecule has 0 saturated carbocycles. The summed E-state index contributed by atoms with van der Waals surface area (Å²) in [5.41, 5.74) is 1.76. The highest BCUT2D eigenvalue weighted by atomic mass is 16.6. The van der Waals surface area contributed by atoms with Crippen molar-refractivity contribution in [3.05, 3.63) is 75.3 Å². The Balaban J connectivity index is 2.18. The second-order valence-electron chi connectivity index (χ2n) is 4.73. The number of ketones is 1. The number of benzene rings is 2. The minimum absolute atomic E-state index is 0.0408. The van der Waals surface area contributed by atoms with Crippen molar-refractivity contribution >= 4 is 17.5 Å². The lowest BCUT2D eigenvalue weighted by Crippen LogP contribution is -1.95. The van der Waals surface area contributed by atoms with Gasteiger partial charge in [0.1, 0.15) is 5.75 Å². The van der Waals surface area contributed by atoms with Crippen molar-refractivity contribution in [1.29, 1.82) is 0 Å². The van der Waals surface area contributed by atoms with Crippen LogP contribution in [0.3, 0.4) is 0 Å². The number of hydrogen-bond donors (Lipinski definition) is 0. The molecule has 0 atom stereocenters. The second kappa shape index (κ2) is 6.67. The van der Waals surface area contributed by atoms with Crippen LogP contribution in [0.4, 0.5) is 5.69 Å². The van der Waals surface area contributed by atoms with Crippen molar-refractivity contribution in [3.8, 4) is 5.75 Å². The second-order valence-corrected chi connectivity index (χ2v) is 4.73. The van der Waals surface area contributed by atoms with Crippen LogP contribution in [0.1, 0.15) is 21.5 Å². The summed E-state index contributed by atoms with van der Waals surface area (Å²) in [6.45, 7) is 1.67. The third-order valence-corrected chi connectivity index (χ3v) is 3.23. The fraction of sp³-hybridized carbons (Fsp3) is 0.118. The van der Waals surface area contributed by atoms with Gasteiger partial charge in [0.25, 0.3) is 5.69 Å². The molecule has 0 spiro atoms. The standard InChI is InChI=1S/C17H15NO4/c1-12-3-4-13(11-16(12)18(20)21)5-10-17(19)14-6-8-15(22-2)9-7-14/h3-11H,1-2H3/b10-5+. The van der Waals surface area contributed by atoms with Gasteiger partial charge in [0.2, 0.25) is 0 Å². The number of ether oxygens (including phenoxy) is 1. The molecule has 2 aromatic carbocycles. The van der Waals surface area contributed by atoms with Gasteiger partial charge < -0.3 is 4.74 Å². The van der Waals surface area contributed by atoms with E-state index in [2.05, 4.69) is 0 Å². The van der Waals surface area contributed by atoms with E-state index in [1.165, 1.54) is 12.1 Å². The number of carbonyl (C=O) groups is 1. The summed E-state index contributed by atoms with van der Waals surface area (Å²) in [6.07, 6.45) is 2.97. The number of nitro groups is 1. The average Bonchev–Trinajstić information content (AvgIpc) is 2.53. The van der Waals surface area contributed by atoms with E-state index in [1.54, 1.807) is 56.5 Å². The fourth-order valence-corrected chi connectivity index (χ4v) is 1.95. The van der Waals surface area contributed by atoms with Crippen LogP contribution < -0.4 is 4.74 Å². The first kappa shape index (κ1) is 15.4. The molecule has 0 heterocycles. The van der Waals surface area contributed by atoms with E-state index in [0.29, 0.717) is 22.4 Å². The minimum Gasteiger partial charge on any atom is -0.497 e. The Labute approximate surface area is 128 Å². The molecule has 0 N–H and O–H groups in total. The number of carbonyl (C=O) groups excluding carboxylic acids is 1. The molecule has 112 valence electrons. The smallest absolute Gasteiger partial charge is 0.272 e. The van der Waals surface area contributed by atoms with Crippen LogP contribution in [0.2, 0.25) is 0 Å². The highest BCUT2D eigenvalue weighted by Crippen LogP contribution is 2.20. The van der Waals surface area contributed by atoms with Crippen LogP contribution in [0, 0.1) is 17.0 Å². The molecule has 22 heavy (non-hydrogen) atoms. The maximum atomic E-state index is 12.0. The van der Waals surface area contributed by atoms with Crippen molar-refractivity contribution in [2.24, 2.45) is 0 Å². The molecular formula is C17H15NO4. The molecule has 0 saturated heterocycles. The van der Waals surface area contributed by atoms with E-state index in [0.717, 1.165) is 0 Å². The largest absolute Gasteiger partial charge is 0.497 e. The topological polar surface area (TPSA) is 69.4 Å². The molecule has 5 nitrogen and oxygen atoms in total. The number of methoxy groups -OCH3 is 1. The Hall–Kier alpha value is -2.95. The lowest BCUT2D eigenvalue weighted by Gasteiger charge is -2.00. The van der Waals surface area contributed by atoms with Crippen LogP contribution in [0.5, 0.6) is 5.75 Å². The molecule has 0 aromatic heterocycles. The van der Waals surface area contributed by atoms with Gasteiger partial charge in [-0.05, 0) is 42.8 Å². The molecule has 0 fully saturated rings. The number of nitro benzene ring substituents is 1. The third kappa shape index (κ3) is 3.58. The summed E-state index contributed by atoms with van der Waals surface area (Å²) in [5, 5.41) is 10.9. The van der Waals surface area contributed by atoms with E-state index < -0.39 is 4.92 Å². The van der Waals surface area contributed by atoms with E-state index in [1.807, 2.05) is 0 Å². The van der Waals surface area contributed by atoms with Crippen LogP contribution in [0.15, 0.2) is 48.5 Å². The third-order valence-electron chi connectivity index (χ3n) is 3.23. The number of nitrogens with zero attached hydrogens (tertiary/aromatic N) is 1. The Morgan fingerprint density at radius 2 is 1.86 bits per heavy atom. The van der Waals surface area contributed by atoms with Gasteiger partial charge in [-0.15, -0.1) is 0 Å². The Bertz CT molecular complexity index is 733. The molecule has 2 rings (SSSR count). The number of rotatable bonds is 5. The van der Waals surface area contributed by atoms with Crippen molar-refractivity contribution in [2.75, 3.05) is 7.11 Å². The fourth-order valence-electron chi connectivity index (χ4n) is 1.95. The number of allylic oxidation sites excluding steroid dienone is 1. The molecule has 5 heteroatoms. The maximum Gasteiger partial charge on any atom is 0.272 e. The zero-order chi connectivity index (χ0) is 16.1. The normalized spacial score (nSPS) is 10.6. The Morgan fingerprint density at radius 3 is 2.45 bits per heavy atom. The van der Waals surface area contributed by atoms with Gasteiger partial charge in [-0.25, -0.2) is 0 Å². The molecule has 0 unspecified atom stereocenters. The number of aryl methyl sites for hydroxylation is 1. The van der Waals surface area contributed by atoms with Gasteiger partial charge in [0.05, 0.1) is 12.0 Å². The van der Waals surface area contributed by atoms with Gasteiger partial charge in [-0.1, -0.05) is 18.2 Å². The SMILES string of the molecule is COc1ccc(C(=O)/C=C/c2ccc(C)c([N+](=O)[O-])c2)cc1. The molecular weight excluding hydrogens is 282 g/mol. The van der Waals surface area contributed by atoms with Crippen molar-refractivity contribution < 1.29 is 14.5 Å². The zero-order valence-corrected chi connectivity index (χ0v) is 12.3. The van der Waals surface area contributed by atoms with Crippen molar-refractivity contribution in [3.63, 3.8) is 0 Å². The first-order valence-corrected chi connectivity index (χ1v) is 6.63. The summed E-state index contributed by atoms with van der Waals surface area (Å²) in [7, 11) is 1.56. The predicted molar refractivity (Wildman–Crippen MR) is 84.2 cm³/mol. The molecule has 0 aliphatic carbocycles. The predicted octanol–water partition coefficient (Wildman–Crippen LogP) is 3.81. The highest BCUT2D eigenvalue weighted by Gasteiger charge is 2.10. The minimum atomic E-state index is -0.433. The van der Waals surface area contributed by atoms with Crippen LogP contribution in [0.25, 0.3) is 6.08 Å². The monoisotopic (exact) mass is 297 g/mol. The van der Waals surface area contributed by atoms with Gasteiger partial charge in [0, 0.05) is 17.2 Å². The zero-order valence-electron chi connectivity index (χ0n) is 12.3. The molecule has 0 radical (unpaired) electrons. The van der Waals surface area contributed by atoms with E-state index in [9.17, 15) is 14.9 Å². The van der Waals surface area contributed by atoms with E-state index >= 15 is 0 Å². The summed E-state index contributed by atoms with van der Waals surface area (Å²) < 4.78 is 5.03. The number of hydrogen-bond acceptors (Lipinski definition) is 4. The molecule has 0 amide bonds. The Morgan fingerprint density at radius 1 is 1.18 bits per heavy atom. The molecule has 2 aromatic rings. The molecule has 0 bridgehead atoms. The van der Waals surface area contributed by atoms with E-state index in [-0.39, 0.29) is 11.5 Å². The quantitative estimate of drug-likeness (QED) is 0.364. The average molecular weight is 297 g/mol. The lowest BCUT2D eigenvalue weighted by atomic mass is 10.1. The van der Waals surface area contributed by atoms with Gasteiger partial charge in [0.15, 0.2) is 5.78 Å². The highest BCUT2D eigenvalue weighted by molar-refractivity contribution is 6.06. The molecule has 0 aliphatic heterocycles. The van der Waals surface area contributed by atoms with Crippen LogP contribution in [-0.2, 0) is 0 Å². The van der Waals surface area contributed by atoms with Crippen LogP contribution in [-0.4, -0.2) is 17.8 Å². The van der Waals surface area contributed by atoms with Gasteiger partial charge in [-0.3, -0.25) is 14.9 Å². The maximum absolute atomic E-state index is 12.0.